The Balaban J connectivity index is 1.75. The number of ether oxygens (including phenoxy) is 3. The molecule has 0 radical (unpaired) electrons. The van der Waals surface area contributed by atoms with Crippen molar-refractivity contribution in [2.24, 2.45) is 15.9 Å². The molecule has 0 saturated heterocycles. The minimum absolute atomic E-state index is 0.170. The van der Waals surface area contributed by atoms with Gasteiger partial charge in [0.15, 0.2) is 0 Å². The molecule has 0 unspecified atom stereocenters. The molecular weight excluding hydrogens is 466 g/mol. The third kappa shape index (κ3) is 4.69. The van der Waals surface area contributed by atoms with Gasteiger partial charge in [0.25, 0.3) is 0 Å². The fraction of sp³-hybridized carbons (Fsp3) is 0.440. The Hall–Kier alpha value is -2.31. The molecule has 2 aromatic carbocycles. The standard InChI is InChI=1S/C25H27Cl2FN2O3/c1-13(2)22-25(32-4)29-20(24(30-22)31-3)10-14-7-8-16(17-6-5-9-33-23(14)17)21-18(26)11-15(28)12-19(21)27/h7-8,11-13,20,22H,5-6,9-10H2,1-4H3/t20-,22+/m0/s1. The van der Waals surface area contributed by atoms with E-state index in [-0.39, 0.29) is 28.0 Å². The largest absolute Gasteiger partial charge is 0.493 e. The quantitative estimate of drug-likeness (QED) is 0.513. The van der Waals surface area contributed by atoms with Crippen LogP contribution in [0.1, 0.15) is 31.4 Å². The maximum Gasteiger partial charge on any atom is 0.209 e. The average Bonchev–Trinajstić information content (AvgIpc) is 2.79. The maximum atomic E-state index is 13.8. The Labute approximate surface area is 203 Å². The number of benzene rings is 2. The lowest BCUT2D eigenvalue weighted by Crippen LogP contribution is -2.38. The second-order valence-electron chi connectivity index (χ2n) is 8.53. The molecule has 2 aliphatic heterocycles. The van der Waals surface area contributed by atoms with E-state index >= 15 is 0 Å². The molecule has 33 heavy (non-hydrogen) atoms. The third-order valence-corrected chi connectivity index (χ3v) is 6.58. The van der Waals surface area contributed by atoms with Crippen LogP contribution in [-0.2, 0) is 22.3 Å². The number of aliphatic imine (C=N–C) groups is 2. The SMILES string of the molecule is COC1=N[C@H](C(C)C)C(OC)=N[C@H]1Cc1ccc(-c2c(Cl)cc(F)cc2Cl)c2c1OCCC2. The van der Waals surface area contributed by atoms with Crippen LogP contribution in [0, 0.1) is 11.7 Å². The van der Waals surface area contributed by atoms with Gasteiger partial charge in [-0.2, -0.15) is 0 Å². The lowest BCUT2D eigenvalue weighted by molar-refractivity contribution is 0.284. The van der Waals surface area contributed by atoms with Crippen molar-refractivity contribution in [2.75, 3.05) is 20.8 Å². The number of rotatable bonds is 4. The predicted octanol–water partition coefficient (Wildman–Crippen LogP) is 6.16. The summed E-state index contributed by atoms with van der Waals surface area (Å²) >= 11 is 12.8. The van der Waals surface area contributed by atoms with Gasteiger partial charge in [-0.3, -0.25) is 0 Å². The fourth-order valence-corrected chi connectivity index (χ4v) is 5.09. The van der Waals surface area contributed by atoms with E-state index in [0.717, 1.165) is 35.3 Å². The third-order valence-electron chi connectivity index (χ3n) is 5.99. The van der Waals surface area contributed by atoms with Crippen LogP contribution in [0.5, 0.6) is 5.75 Å². The highest BCUT2D eigenvalue weighted by Crippen LogP contribution is 2.43. The summed E-state index contributed by atoms with van der Waals surface area (Å²) in [6, 6.07) is 6.03. The summed E-state index contributed by atoms with van der Waals surface area (Å²) in [5.74, 6) is 1.74. The van der Waals surface area contributed by atoms with Gasteiger partial charge >= 0.3 is 0 Å². The maximum absolute atomic E-state index is 13.8. The highest BCUT2D eigenvalue weighted by molar-refractivity contribution is 6.39. The zero-order valence-electron chi connectivity index (χ0n) is 19.1. The van der Waals surface area contributed by atoms with E-state index < -0.39 is 5.82 Å². The van der Waals surface area contributed by atoms with Gasteiger partial charge in [-0.25, -0.2) is 14.4 Å². The van der Waals surface area contributed by atoms with Crippen molar-refractivity contribution in [3.63, 3.8) is 0 Å². The van der Waals surface area contributed by atoms with Gasteiger partial charge in [-0.15, -0.1) is 0 Å². The second kappa shape index (κ2) is 9.90. The zero-order valence-corrected chi connectivity index (χ0v) is 20.6. The van der Waals surface area contributed by atoms with Gasteiger partial charge in [0.05, 0.1) is 30.9 Å². The van der Waals surface area contributed by atoms with Gasteiger partial charge in [0.1, 0.15) is 23.7 Å². The number of hydrogen-bond acceptors (Lipinski definition) is 5. The van der Waals surface area contributed by atoms with Crippen molar-refractivity contribution in [2.45, 2.75) is 45.2 Å². The highest BCUT2D eigenvalue weighted by atomic mass is 35.5. The molecule has 0 fully saturated rings. The molecule has 4 rings (SSSR count). The van der Waals surface area contributed by atoms with Crippen LogP contribution in [-0.4, -0.2) is 44.7 Å². The van der Waals surface area contributed by atoms with Gasteiger partial charge in [0, 0.05) is 17.5 Å². The highest BCUT2D eigenvalue weighted by Gasteiger charge is 2.32. The first-order chi connectivity index (χ1) is 15.8. The molecule has 5 nitrogen and oxygen atoms in total. The summed E-state index contributed by atoms with van der Waals surface area (Å²) in [6.07, 6.45) is 2.22. The second-order valence-corrected chi connectivity index (χ2v) is 9.34. The molecule has 0 aromatic heterocycles. The van der Waals surface area contributed by atoms with Crippen molar-refractivity contribution in [1.29, 1.82) is 0 Å². The molecule has 2 aliphatic rings. The molecule has 176 valence electrons. The molecule has 0 N–H and O–H groups in total. The van der Waals surface area contributed by atoms with Crippen LogP contribution in [0.3, 0.4) is 0 Å². The molecule has 0 aliphatic carbocycles. The molecule has 0 spiro atoms. The topological polar surface area (TPSA) is 52.4 Å². The Kier molecular flexibility index (Phi) is 7.15. The van der Waals surface area contributed by atoms with Gasteiger partial charge in [0.2, 0.25) is 11.8 Å². The fourth-order valence-electron chi connectivity index (χ4n) is 4.42. The number of fused-ring (bicyclic) bond motifs is 1. The van der Waals surface area contributed by atoms with Crippen LogP contribution < -0.4 is 4.74 Å². The minimum atomic E-state index is -0.467. The molecular formula is C25H27Cl2FN2O3. The Morgan fingerprint density at radius 3 is 2.42 bits per heavy atom. The van der Waals surface area contributed by atoms with Gasteiger partial charge < -0.3 is 14.2 Å². The number of methoxy groups -OCH3 is 2. The van der Waals surface area contributed by atoms with E-state index in [1.54, 1.807) is 14.2 Å². The zero-order chi connectivity index (χ0) is 23.7. The van der Waals surface area contributed by atoms with Crippen molar-refractivity contribution < 1.29 is 18.6 Å². The van der Waals surface area contributed by atoms with E-state index in [9.17, 15) is 4.39 Å². The smallest absolute Gasteiger partial charge is 0.209 e. The van der Waals surface area contributed by atoms with Crippen LogP contribution >= 0.6 is 23.2 Å². The van der Waals surface area contributed by atoms with Crippen LogP contribution in [0.25, 0.3) is 11.1 Å². The van der Waals surface area contributed by atoms with Crippen LogP contribution in [0.2, 0.25) is 10.0 Å². The van der Waals surface area contributed by atoms with Crippen molar-refractivity contribution in [1.82, 2.24) is 0 Å². The summed E-state index contributed by atoms with van der Waals surface area (Å²) in [5, 5.41) is 0.548. The average molecular weight is 493 g/mol. The number of halogens is 3. The van der Waals surface area contributed by atoms with Crippen LogP contribution in [0.4, 0.5) is 4.39 Å². The van der Waals surface area contributed by atoms with Gasteiger partial charge in [-0.05, 0) is 42.0 Å². The summed E-state index contributed by atoms with van der Waals surface area (Å²) < 4.78 is 31.0. The van der Waals surface area contributed by atoms with E-state index in [0.29, 0.717) is 30.4 Å². The molecule has 0 amide bonds. The van der Waals surface area contributed by atoms with E-state index in [1.807, 2.05) is 12.1 Å². The first-order valence-electron chi connectivity index (χ1n) is 11.0. The Bertz CT molecular complexity index is 1090. The van der Waals surface area contributed by atoms with E-state index in [1.165, 1.54) is 12.1 Å². The first kappa shape index (κ1) is 23.8. The molecule has 0 saturated carbocycles. The molecule has 0 bridgehead atoms. The Morgan fingerprint density at radius 2 is 1.79 bits per heavy atom. The number of hydrogen-bond donors (Lipinski definition) is 0. The lowest BCUT2D eigenvalue weighted by Gasteiger charge is -2.29. The normalized spacial score (nSPS) is 20.0. The van der Waals surface area contributed by atoms with Crippen molar-refractivity contribution >= 4 is 35.0 Å². The molecule has 2 aromatic rings. The van der Waals surface area contributed by atoms with Gasteiger partial charge in [-0.1, -0.05) is 49.2 Å². The monoisotopic (exact) mass is 492 g/mol. The summed E-state index contributed by atoms with van der Waals surface area (Å²) in [7, 11) is 3.23. The Morgan fingerprint density at radius 1 is 1.09 bits per heavy atom. The minimum Gasteiger partial charge on any atom is -0.493 e. The van der Waals surface area contributed by atoms with E-state index in [4.69, 9.17) is 47.4 Å². The predicted molar refractivity (Wildman–Crippen MR) is 131 cm³/mol. The first-order valence-corrected chi connectivity index (χ1v) is 11.8. The summed E-state index contributed by atoms with van der Waals surface area (Å²) in [5.41, 5.74) is 3.47. The molecule has 8 heteroatoms. The summed E-state index contributed by atoms with van der Waals surface area (Å²) in [6.45, 7) is 4.77. The molecule has 2 heterocycles. The van der Waals surface area contributed by atoms with Crippen molar-refractivity contribution in [3.8, 4) is 16.9 Å². The number of nitrogens with zero attached hydrogens (tertiary/aromatic N) is 2. The molecule has 2 atom stereocenters. The van der Waals surface area contributed by atoms with Crippen molar-refractivity contribution in [3.05, 3.63) is 51.3 Å². The van der Waals surface area contributed by atoms with Crippen LogP contribution in [0.15, 0.2) is 34.3 Å². The summed E-state index contributed by atoms with van der Waals surface area (Å²) in [4.78, 5) is 9.58. The lowest BCUT2D eigenvalue weighted by atomic mass is 9.90. The van der Waals surface area contributed by atoms with E-state index in [2.05, 4.69) is 13.8 Å².